The van der Waals surface area contributed by atoms with E-state index in [1.165, 1.54) is 32.4 Å². The maximum atomic E-state index is 12.4. The van der Waals surface area contributed by atoms with Gasteiger partial charge in [-0.25, -0.2) is 0 Å². The molecule has 2 aromatic rings. The predicted molar refractivity (Wildman–Crippen MR) is 90.7 cm³/mol. The molecule has 0 spiro atoms. The van der Waals surface area contributed by atoms with E-state index >= 15 is 0 Å². The molecule has 0 amide bonds. The zero-order chi connectivity index (χ0) is 17.7. The van der Waals surface area contributed by atoms with Crippen LogP contribution in [0.1, 0.15) is 21.5 Å². The SMILES string of the molecule is COc1ccc(OC)c(C(=O)C=Cc2ccc(C)c([N+](=O)[O-])c2)c1. The molecule has 2 rings (SSSR count). The highest BCUT2D eigenvalue weighted by Crippen LogP contribution is 2.25. The Bertz CT molecular complexity index is 811. The maximum absolute atomic E-state index is 12.4. The summed E-state index contributed by atoms with van der Waals surface area (Å²) in [6.45, 7) is 1.66. The van der Waals surface area contributed by atoms with Crippen LogP contribution in [-0.4, -0.2) is 24.9 Å². The number of nitro groups is 1. The number of benzene rings is 2. The quantitative estimate of drug-likeness (QED) is 0.349. The third-order valence-electron chi connectivity index (χ3n) is 3.53. The van der Waals surface area contributed by atoms with Gasteiger partial charge in [0.2, 0.25) is 0 Å². The van der Waals surface area contributed by atoms with Gasteiger partial charge in [0.25, 0.3) is 5.69 Å². The Kier molecular flexibility index (Phi) is 5.31. The predicted octanol–water partition coefficient (Wildman–Crippen LogP) is 3.82. The molecule has 0 bridgehead atoms. The summed E-state index contributed by atoms with van der Waals surface area (Å²) in [5.74, 6) is 0.688. The highest BCUT2D eigenvalue weighted by molar-refractivity contribution is 6.08. The van der Waals surface area contributed by atoms with Gasteiger partial charge in [0.05, 0.1) is 24.7 Å². The lowest BCUT2D eigenvalue weighted by atomic mass is 10.1. The number of rotatable bonds is 6. The van der Waals surface area contributed by atoms with E-state index in [-0.39, 0.29) is 11.5 Å². The number of nitrogens with zero attached hydrogens (tertiary/aromatic N) is 1. The molecule has 0 N–H and O–H groups in total. The van der Waals surface area contributed by atoms with Gasteiger partial charge in [-0.15, -0.1) is 0 Å². The molecule has 2 aromatic carbocycles. The number of ketones is 1. The Labute approximate surface area is 139 Å². The van der Waals surface area contributed by atoms with E-state index in [0.717, 1.165) is 0 Å². The first kappa shape index (κ1) is 17.2. The van der Waals surface area contributed by atoms with E-state index < -0.39 is 4.92 Å². The smallest absolute Gasteiger partial charge is 0.272 e. The van der Waals surface area contributed by atoms with Gasteiger partial charge < -0.3 is 9.47 Å². The van der Waals surface area contributed by atoms with Crippen LogP contribution in [-0.2, 0) is 0 Å². The maximum Gasteiger partial charge on any atom is 0.272 e. The number of methoxy groups -OCH3 is 2. The van der Waals surface area contributed by atoms with Crippen LogP contribution in [0.3, 0.4) is 0 Å². The zero-order valence-corrected chi connectivity index (χ0v) is 13.6. The van der Waals surface area contributed by atoms with Gasteiger partial charge in [0.15, 0.2) is 5.78 Å². The van der Waals surface area contributed by atoms with Crippen LogP contribution in [0.4, 0.5) is 5.69 Å². The van der Waals surface area contributed by atoms with Crippen molar-refractivity contribution in [2.24, 2.45) is 0 Å². The Hall–Kier alpha value is -3.15. The minimum absolute atomic E-state index is 0.0172. The normalized spacial score (nSPS) is 10.6. The van der Waals surface area contributed by atoms with Gasteiger partial charge in [-0.2, -0.15) is 0 Å². The number of ether oxygens (including phenoxy) is 2. The molecule has 0 atom stereocenters. The molecular weight excluding hydrogens is 310 g/mol. The molecule has 0 saturated heterocycles. The van der Waals surface area contributed by atoms with E-state index in [4.69, 9.17) is 9.47 Å². The second-order valence-electron chi connectivity index (χ2n) is 5.07. The molecule has 0 aliphatic rings. The average molecular weight is 327 g/mol. The fraction of sp³-hybridized carbons (Fsp3) is 0.167. The van der Waals surface area contributed by atoms with Crippen LogP contribution in [0.5, 0.6) is 11.5 Å². The molecule has 0 unspecified atom stereocenters. The molecule has 6 nitrogen and oxygen atoms in total. The van der Waals surface area contributed by atoms with Crippen LogP contribution in [0, 0.1) is 17.0 Å². The minimum Gasteiger partial charge on any atom is -0.497 e. The van der Waals surface area contributed by atoms with Crippen LogP contribution in [0.2, 0.25) is 0 Å². The first-order chi connectivity index (χ1) is 11.5. The molecule has 24 heavy (non-hydrogen) atoms. The van der Waals surface area contributed by atoms with Crippen molar-refractivity contribution in [1.82, 2.24) is 0 Å². The summed E-state index contributed by atoms with van der Waals surface area (Å²) in [7, 11) is 2.99. The Morgan fingerprint density at radius 1 is 1.12 bits per heavy atom. The summed E-state index contributed by atoms with van der Waals surface area (Å²) < 4.78 is 10.3. The molecule has 0 aliphatic carbocycles. The summed E-state index contributed by atoms with van der Waals surface area (Å²) in [6, 6.07) is 9.73. The van der Waals surface area contributed by atoms with Crippen molar-refractivity contribution in [3.63, 3.8) is 0 Å². The molecule has 0 aromatic heterocycles. The lowest BCUT2D eigenvalue weighted by Crippen LogP contribution is -2.00. The molecule has 0 aliphatic heterocycles. The number of hydrogen-bond donors (Lipinski definition) is 0. The van der Waals surface area contributed by atoms with E-state index in [1.807, 2.05) is 0 Å². The first-order valence-electron chi connectivity index (χ1n) is 7.15. The zero-order valence-electron chi connectivity index (χ0n) is 13.6. The lowest BCUT2D eigenvalue weighted by Gasteiger charge is -2.07. The molecule has 6 heteroatoms. The lowest BCUT2D eigenvalue weighted by molar-refractivity contribution is -0.385. The van der Waals surface area contributed by atoms with Gasteiger partial charge in [0, 0.05) is 11.6 Å². The van der Waals surface area contributed by atoms with Gasteiger partial charge in [-0.1, -0.05) is 18.2 Å². The van der Waals surface area contributed by atoms with Crippen molar-refractivity contribution in [3.8, 4) is 11.5 Å². The molecular formula is C18H17NO5. The third kappa shape index (κ3) is 3.78. The summed E-state index contributed by atoms with van der Waals surface area (Å²) in [5.41, 5.74) is 1.51. The number of nitro benzene ring substituents is 1. The average Bonchev–Trinajstić information content (AvgIpc) is 2.59. The van der Waals surface area contributed by atoms with E-state index in [0.29, 0.717) is 28.2 Å². The van der Waals surface area contributed by atoms with Gasteiger partial charge in [-0.3, -0.25) is 14.9 Å². The molecule has 0 fully saturated rings. The Balaban J connectivity index is 2.31. The minimum atomic E-state index is -0.445. The van der Waals surface area contributed by atoms with Crippen LogP contribution in [0.15, 0.2) is 42.5 Å². The number of hydrogen-bond acceptors (Lipinski definition) is 5. The van der Waals surface area contributed by atoms with Gasteiger partial charge >= 0.3 is 0 Å². The summed E-state index contributed by atoms with van der Waals surface area (Å²) >= 11 is 0. The standard InChI is InChI=1S/C18H17NO5/c1-12-4-5-13(10-16(12)19(21)22)6-8-17(20)15-11-14(23-2)7-9-18(15)24-3/h4-11H,1-3H3. The van der Waals surface area contributed by atoms with Crippen LogP contribution in [0.25, 0.3) is 6.08 Å². The first-order valence-corrected chi connectivity index (χ1v) is 7.15. The van der Waals surface area contributed by atoms with Crippen LogP contribution >= 0.6 is 0 Å². The summed E-state index contributed by atoms with van der Waals surface area (Å²) in [6.07, 6.45) is 2.89. The second-order valence-corrected chi connectivity index (χ2v) is 5.07. The summed E-state index contributed by atoms with van der Waals surface area (Å²) in [4.78, 5) is 22.9. The van der Waals surface area contributed by atoms with Crippen molar-refractivity contribution in [2.45, 2.75) is 6.92 Å². The van der Waals surface area contributed by atoms with Crippen molar-refractivity contribution in [2.75, 3.05) is 14.2 Å². The van der Waals surface area contributed by atoms with Crippen molar-refractivity contribution < 1.29 is 19.2 Å². The fourth-order valence-electron chi connectivity index (χ4n) is 2.20. The number of carbonyl (C=O) groups is 1. The Morgan fingerprint density at radius 3 is 2.50 bits per heavy atom. The number of allylic oxidation sites excluding steroid dienone is 1. The molecule has 0 saturated carbocycles. The van der Waals surface area contributed by atoms with E-state index in [1.54, 1.807) is 37.3 Å². The van der Waals surface area contributed by atoms with Crippen molar-refractivity contribution in [1.29, 1.82) is 0 Å². The van der Waals surface area contributed by atoms with Crippen molar-refractivity contribution in [3.05, 3.63) is 69.3 Å². The van der Waals surface area contributed by atoms with E-state index in [2.05, 4.69) is 0 Å². The molecule has 0 heterocycles. The monoisotopic (exact) mass is 327 g/mol. The highest BCUT2D eigenvalue weighted by atomic mass is 16.6. The second kappa shape index (κ2) is 7.41. The third-order valence-corrected chi connectivity index (χ3v) is 3.53. The summed E-state index contributed by atoms with van der Waals surface area (Å²) in [5, 5.41) is 11.0. The number of aryl methyl sites for hydroxylation is 1. The van der Waals surface area contributed by atoms with Crippen molar-refractivity contribution >= 4 is 17.5 Å². The Morgan fingerprint density at radius 2 is 1.88 bits per heavy atom. The highest BCUT2D eigenvalue weighted by Gasteiger charge is 2.12. The van der Waals surface area contributed by atoms with E-state index in [9.17, 15) is 14.9 Å². The van der Waals surface area contributed by atoms with Gasteiger partial charge in [-0.05, 0) is 36.8 Å². The van der Waals surface area contributed by atoms with Crippen LogP contribution < -0.4 is 9.47 Å². The fourth-order valence-corrected chi connectivity index (χ4v) is 2.20. The topological polar surface area (TPSA) is 78.7 Å². The largest absolute Gasteiger partial charge is 0.497 e. The van der Waals surface area contributed by atoms with Gasteiger partial charge in [0.1, 0.15) is 11.5 Å². The molecule has 0 radical (unpaired) electrons. The number of carbonyl (C=O) groups excluding carboxylic acids is 1. The molecule has 124 valence electrons.